The van der Waals surface area contributed by atoms with Gasteiger partial charge in [-0.15, -0.1) is 11.3 Å². The standard InChI is InChI=1S/C21H26N2O4S/c24-11-9-22-20(25)19-18(15-7-3-4-8-17(15)28-19)16-13-23(10-12-27-16)21(26)14-5-1-2-6-14/h3-4,7-8,14,16,24H,1-2,5-6,9-13H2,(H,22,25). The first-order valence-electron chi connectivity index (χ1n) is 10.00. The van der Waals surface area contributed by atoms with E-state index in [9.17, 15) is 9.59 Å². The van der Waals surface area contributed by atoms with Crippen LogP contribution in [0.3, 0.4) is 0 Å². The van der Waals surface area contributed by atoms with E-state index in [-0.39, 0.29) is 37.0 Å². The number of morpholine rings is 1. The molecule has 1 saturated heterocycles. The number of aliphatic hydroxyl groups excluding tert-OH is 1. The maximum absolute atomic E-state index is 12.9. The number of carbonyl (C=O) groups excluding carboxylic acids is 2. The number of fused-ring (bicyclic) bond motifs is 1. The van der Waals surface area contributed by atoms with E-state index in [1.807, 2.05) is 29.2 Å². The summed E-state index contributed by atoms with van der Waals surface area (Å²) >= 11 is 1.43. The number of ether oxygens (including phenoxy) is 1. The lowest BCUT2D eigenvalue weighted by molar-refractivity contribution is -0.143. The van der Waals surface area contributed by atoms with Gasteiger partial charge < -0.3 is 20.1 Å². The Kier molecular flexibility index (Phi) is 5.94. The Labute approximate surface area is 168 Å². The van der Waals surface area contributed by atoms with Crippen molar-refractivity contribution in [2.45, 2.75) is 31.8 Å². The van der Waals surface area contributed by atoms with Gasteiger partial charge in [-0.05, 0) is 24.3 Å². The summed E-state index contributed by atoms with van der Waals surface area (Å²) in [6.07, 6.45) is 3.92. The average Bonchev–Trinajstić information content (AvgIpc) is 3.39. The number of rotatable bonds is 5. The summed E-state index contributed by atoms with van der Waals surface area (Å²) in [5, 5.41) is 12.8. The van der Waals surface area contributed by atoms with Crippen LogP contribution in [0.2, 0.25) is 0 Å². The molecule has 0 radical (unpaired) electrons. The minimum absolute atomic E-state index is 0.102. The van der Waals surface area contributed by atoms with Gasteiger partial charge in [-0.2, -0.15) is 0 Å². The Morgan fingerprint density at radius 3 is 2.82 bits per heavy atom. The lowest BCUT2D eigenvalue weighted by atomic mass is 10.0. The van der Waals surface area contributed by atoms with E-state index in [0.29, 0.717) is 24.6 Å². The van der Waals surface area contributed by atoms with Gasteiger partial charge in [0.1, 0.15) is 6.10 Å². The largest absolute Gasteiger partial charge is 0.395 e. The van der Waals surface area contributed by atoms with Crippen molar-refractivity contribution in [3.05, 3.63) is 34.7 Å². The third-order valence-corrected chi connectivity index (χ3v) is 6.83. The number of amides is 2. The highest BCUT2D eigenvalue weighted by Crippen LogP contribution is 2.38. The summed E-state index contributed by atoms with van der Waals surface area (Å²) < 4.78 is 7.07. The monoisotopic (exact) mass is 402 g/mol. The molecular formula is C21H26N2O4S. The van der Waals surface area contributed by atoms with Gasteiger partial charge in [0.05, 0.1) is 24.6 Å². The summed E-state index contributed by atoms with van der Waals surface area (Å²) in [6.45, 7) is 1.68. The second-order valence-corrected chi connectivity index (χ2v) is 8.50. The van der Waals surface area contributed by atoms with Crippen molar-refractivity contribution in [3.63, 3.8) is 0 Å². The molecule has 4 rings (SSSR count). The van der Waals surface area contributed by atoms with Crippen LogP contribution in [0.1, 0.15) is 47.0 Å². The van der Waals surface area contributed by atoms with Crippen molar-refractivity contribution >= 4 is 33.2 Å². The molecule has 28 heavy (non-hydrogen) atoms. The second kappa shape index (κ2) is 8.59. The molecule has 1 aromatic heterocycles. The number of hydrogen-bond acceptors (Lipinski definition) is 5. The first-order chi connectivity index (χ1) is 13.7. The molecule has 1 aliphatic carbocycles. The second-order valence-electron chi connectivity index (χ2n) is 7.45. The van der Waals surface area contributed by atoms with Crippen molar-refractivity contribution in [3.8, 4) is 0 Å². The SMILES string of the molecule is O=C(NCCO)c1sc2ccccc2c1C1CN(C(=O)C2CCCC2)CCO1. The molecular weight excluding hydrogens is 376 g/mol. The Morgan fingerprint density at radius 2 is 2.04 bits per heavy atom. The fraction of sp³-hybridized carbons (Fsp3) is 0.524. The van der Waals surface area contributed by atoms with E-state index in [2.05, 4.69) is 5.32 Å². The number of hydrogen-bond donors (Lipinski definition) is 2. The van der Waals surface area contributed by atoms with Gasteiger partial charge in [-0.3, -0.25) is 9.59 Å². The zero-order valence-corrected chi connectivity index (χ0v) is 16.7. The predicted molar refractivity (Wildman–Crippen MR) is 108 cm³/mol. The van der Waals surface area contributed by atoms with E-state index >= 15 is 0 Å². The van der Waals surface area contributed by atoms with Gasteiger partial charge in [0.15, 0.2) is 0 Å². The summed E-state index contributed by atoms with van der Waals surface area (Å²) in [5.41, 5.74) is 0.861. The molecule has 1 aromatic carbocycles. The van der Waals surface area contributed by atoms with Crippen molar-refractivity contribution in [1.82, 2.24) is 10.2 Å². The first-order valence-corrected chi connectivity index (χ1v) is 10.8. The van der Waals surface area contributed by atoms with Gasteiger partial charge in [-0.1, -0.05) is 31.0 Å². The topological polar surface area (TPSA) is 78.9 Å². The molecule has 2 aliphatic rings. The van der Waals surface area contributed by atoms with Gasteiger partial charge in [0.2, 0.25) is 5.91 Å². The average molecular weight is 403 g/mol. The quantitative estimate of drug-likeness (QED) is 0.806. The highest BCUT2D eigenvalue weighted by molar-refractivity contribution is 7.21. The third kappa shape index (κ3) is 3.79. The predicted octanol–water partition coefficient (Wildman–Crippen LogP) is 2.71. The Bertz CT molecular complexity index is 859. The summed E-state index contributed by atoms with van der Waals surface area (Å²) in [6, 6.07) is 7.91. The maximum atomic E-state index is 12.9. The van der Waals surface area contributed by atoms with Crippen LogP contribution in [-0.2, 0) is 9.53 Å². The van der Waals surface area contributed by atoms with Gasteiger partial charge in [-0.25, -0.2) is 0 Å². The van der Waals surface area contributed by atoms with E-state index in [1.54, 1.807) is 0 Å². The Hall–Kier alpha value is -1.96. The lowest BCUT2D eigenvalue weighted by Gasteiger charge is -2.35. The molecule has 2 N–H and O–H groups in total. The minimum Gasteiger partial charge on any atom is -0.395 e. The molecule has 0 spiro atoms. The number of nitrogens with one attached hydrogen (secondary N) is 1. The van der Waals surface area contributed by atoms with Gasteiger partial charge in [0, 0.05) is 29.3 Å². The van der Waals surface area contributed by atoms with Crippen LogP contribution in [0, 0.1) is 5.92 Å². The van der Waals surface area contributed by atoms with E-state index in [0.717, 1.165) is 41.3 Å². The number of aliphatic hydroxyl groups is 1. The summed E-state index contributed by atoms with van der Waals surface area (Å²) in [7, 11) is 0. The van der Waals surface area contributed by atoms with E-state index in [4.69, 9.17) is 9.84 Å². The summed E-state index contributed by atoms with van der Waals surface area (Å²) in [4.78, 5) is 28.1. The highest BCUT2D eigenvalue weighted by Gasteiger charge is 2.34. The molecule has 2 fully saturated rings. The van der Waals surface area contributed by atoms with Crippen molar-refractivity contribution < 1.29 is 19.4 Å². The van der Waals surface area contributed by atoms with Crippen LogP contribution >= 0.6 is 11.3 Å². The lowest BCUT2D eigenvalue weighted by Crippen LogP contribution is -2.44. The molecule has 7 heteroatoms. The zero-order chi connectivity index (χ0) is 19.5. The number of benzene rings is 1. The smallest absolute Gasteiger partial charge is 0.261 e. The molecule has 1 saturated carbocycles. The number of nitrogens with zero attached hydrogens (tertiary/aromatic N) is 1. The molecule has 2 amide bonds. The molecule has 150 valence electrons. The summed E-state index contributed by atoms with van der Waals surface area (Å²) in [5.74, 6) is 0.176. The van der Waals surface area contributed by atoms with Gasteiger partial charge >= 0.3 is 0 Å². The Balaban J connectivity index is 1.63. The maximum Gasteiger partial charge on any atom is 0.261 e. The zero-order valence-electron chi connectivity index (χ0n) is 15.9. The van der Waals surface area contributed by atoms with Crippen LogP contribution < -0.4 is 5.32 Å². The van der Waals surface area contributed by atoms with Crippen LogP contribution in [0.15, 0.2) is 24.3 Å². The fourth-order valence-electron chi connectivity index (χ4n) is 4.26. The molecule has 1 aliphatic heterocycles. The first kappa shape index (κ1) is 19.4. The van der Waals surface area contributed by atoms with Crippen LogP contribution in [-0.4, -0.2) is 54.7 Å². The van der Waals surface area contributed by atoms with Gasteiger partial charge in [0.25, 0.3) is 5.91 Å². The third-order valence-electron chi connectivity index (χ3n) is 5.64. The van der Waals surface area contributed by atoms with E-state index < -0.39 is 0 Å². The fourth-order valence-corrected chi connectivity index (χ4v) is 5.43. The highest BCUT2D eigenvalue weighted by atomic mass is 32.1. The van der Waals surface area contributed by atoms with Crippen LogP contribution in [0.5, 0.6) is 0 Å². The van der Waals surface area contributed by atoms with Crippen molar-refractivity contribution in [2.24, 2.45) is 5.92 Å². The van der Waals surface area contributed by atoms with Crippen LogP contribution in [0.25, 0.3) is 10.1 Å². The molecule has 1 unspecified atom stereocenters. The molecule has 2 heterocycles. The normalized spacial score (nSPS) is 20.6. The molecule has 0 bridgehead atoms. The molecule has 6 nitrogen and oxygen atoms in total. The number of thiophene rings is 1. The Morgan fingerprint density at radius 1 is 1.25 bits per heavy atom. The van der Waals surface area contributed by atoms with Crippen LogP contribution in [0.4, 0.5) is 0 Å². The van der Waals surface area contributed by atoms with Crippen molar-refractivity contribution in [1.29, 1.82) is 0 Å². The molecule has 2 aromatic rings. The minimum atomic E-state index is -0.315. The molecule has 1 atom stereocenters. The van der Waals surface area contributed by atoms with E-state index in [1.165, 1.54) is 11.3 Å². The van der Waals surface area contributed by atoms with Crippen molar-refractivity contribution in [2.75, 3.05) is 32.8 Å². The number of carbonyl (C=O) groups is 2.